The van der Waals surface area contributed by atoms with Crippen molar-refractivity contribution in [3.8, 4) is 11.5 Å². The first kappa shape index (κ1) is 31.0. The number of hydrogen-bond donors (Lipinski definition) is 2. The van der Waals surface area contributed by atoms with Crippen molar-refractivity contribution in [1.82, 2.24) is 14.8 Å². The zero-order chi connectivity index (χ0) is 29.5. The molecule has 2 heterocycles. The number of halogens is 1. The molecular weight excluding hydrogens is 602 g/mol. The number of carbonyl (C=O) groups excluding carboxylic acids is 1. The van der Waals surface area contributed by atoms with Gasteiger partial charge in [0.05, 0.1) is 23.3 Å². The van der Waals surface area contributed by atoms with Crippen molar-refractivity contribution in [2.75, 3.05) is 29.6 Å². The first-order valence-corrected chi connectivity index (χ1v) is 16.1. The zero-order valence-corrected chi connectivity index (χ0v) is 27.2. The molecule has 2 N–H and O–H groups in total. The van der Waals surface area contributed by atoms with Crippen LogP contribution in [0.15, 0.2) is 51.2 Å². The number of anilines is 2. The van der Waals surface area contributed by atoms with Crippen molar-refractivity contribution in [2.45, 2.75) is 78.4 Å². The number of unbranched alkanes of at least 4 members (excludes halogenated alkanes) is 2. The highest BCUT2D eigenvalue weighted by molar-refractivity contribution is 9.10. The Kier molecular flexibility index (Phi) is 10.8. The number of allylic oxidation sites excluding steroid dienone is 1. The van der Waals surface area contributed by atoms with Gasteiger partial charge in [0.25, 0.3) is 5.91 Å². The van der Waals surface area contributed by atoms with E-state index in [0.29, 0.717) is 41.4 Å². The molecule has 1 aromatic heterocycles. The number of rotatable bonds is 13. The average Bonchev–Trinajstić information content (AvgIpc) is 3.34. The van der Waals surface area contributed by atoms with Gasteiger partial charge < -0.3 is 20.1 Å². The molecule has 1 unspecified atom stereocenters. The molecule has 220 valence electrons. The lowest BCUT2D eigenvalue weighted by atomic mass is 9.94. The maximum Gasteiger partial charge on any atom is 0.255 e. The summed E-state index contributed by atoms with van der Waals surface area (Å²) in [6.45, 7) is 13.3. The molecule has 0 saturated carbocycles. The number of amides is 1. The van der Waals surface area contributed by atoms with E-state index < -0.39 is 6.04 Å². The van der Waals surface area contributed by atoms with E-state index in [4.69, 9.17) is 19.6 Å². The van der Waals surface area contributed by atoms with E-state index in [1.165, 1.54) is 0 Å². The number of aryl methyl sites for hydroxylation is 1. The Bertz CT molecular complexity index is 1420. The van der Waals surface area contributed by atoms with Crippen molar-refractivity contribution in [1.29, 1.82) is 0 Å². The molecule has 4 rings (SSSR count). The lowest BCUT2D eigenvalue weighted by molar-refractivity contribution is -0.113. The number of nitrogens with zero attached hydrogens (tertiary/aromatic N) is 3. The molecule has 0 radical (unpaired) electrons. The van der Waals surface area contributed by atoms with Crippen LogP contribution in [0.25, 0.3) is 0 Å². The smallest absolute Gasteiger partial charge is 0.255 e. The van der Waals surface area contributed by atoms with Crippen LogP contribution in [0.5, 0.6) is 11.5 Å². The summed E-state index contributed by atoms with van der Waals surface area (Å²) in [5, 5.41) is 12.1. The highest BCUT2D eigenvalue weighted by Gasteiger charge is 2.35. The summed E-state index contributed by atoms with van der Waals surface area (Å²) in [6.07, 6.45) is 4.16. The molecule has 2 aromatic carbocycles. The van der Waals surface area contributed by atoms with Gasteiger partial charge in [-0.1, -0.05) is 50.6 Å². The van der Waals surface area contributed by atoms with Crippen LogP contribution in [-0.2, 0) is 4.79 Å². The average molecular weight is 643 g/mol. The molecule has 0 fully saturated rings. The zero-order valence-electron chi connectivity index (χ0n) is 24.8. The second-order valence-electron chi connectivity index (χ2n) is 10.1. The van der Waals surface area contributed by atoms with Gasteiger partial charge in [-0.15, -0.1) is 5.10 Å². The van der Waals surface area contributed by atoms with Crippen LogP contribution in [0.3, 0.4) is 0 Å². The number of benzene rings is 2. The molecule has 0 spiro atoms. The Labute approximate surface area is 255 Å². The highest BCUT2D eigenvalue weighted by Crippen LogP contribution is 2.43. The molecule has 1 aliphatic rings. The Morgan fingerprint density at radius 3 is 2.63 bits per heavy atom. The standard InChI is InChI=1S/C31H40BrN5O3S/c1-7-10-15-40-28-23(32)17-22(18-25(28)39-9-3)27-26(29(38)34-24-14-12-13-19(4)20(24)5)21(6)33-30-35-31(36-37(27)30)41-16-11-8-2/h12-14,17-18,27H,7-11,15-16H2,1-6H3,(H,34,38)(H,33,35,36). The van der Waals surface area contributed by atoms with Crippen molar-refractivity contribution in [3.63, 3.8) is 0 Å². The maximum atomic E-state index is 14.0. The number of ether oxygens (including phenoxy) is 2. The molecule has 8 nitrogen and oxygen atoms in total. The van der Waals surface area contributed by atoms with Gasteiger partial charge in [-0.2, -0.15) is 4.98 Å². The third-order valence-corrected chi connectivity index (χ3v) is 8.56. The summed E-state index contributed by atoms with van der Waals surface area (Å²) in [7, 11) is 0. The molecule has 3 aromatic rings. The molecule has 1 aliphatic heterocycles. The fourth-order valence-corrected chi connectivity index (χ4v) is 6.13. The fourth-order valence-electron chi connectivity index (χ4n) is 4.65. The second kappa shape index (κ2) is 14.3. The Morgan fingerprint density at radius 2 is 1.90 bits per heavy atom. The van der Waals surface area contributed by atoms with Crippen molar-refractivity contribution in [2.24, 2.45) is 0 Å². The molecule has 10 heteroatoms. The van der Waals surface area contributed by atoms with Gasteiger partial charge in [0, 0.05) is 17.1 Å². The minimum Gasteiger partial charge on any atom is -0.490 e. The first-order chi connectivity index (χ1) is 19.8. The summed E-state index contributed by atoms with van der Waals surface area (Å²) >= 11 is 5.36. The molecule has 1 amide bonds. The van der Waals surface area contributed by atoms with Gasteiger partial charge in [-0.25, -0.2) is 4.68 Å². The van der Waals surface area contributed by atoms with Crippen LogP contribution in [-0.4, -0.2) is 39.6 Å². The maximum absolute atomic E-state index is 14.0. The SMILES string of the molecule is CCCCOc1c(Br)cc(C2C(C(=O)Nc3cccc(C)c3C)=C(C)Nc3nc(SCCCC)nn32)cc1OCC. The van der Waals surface area contributed by atoms with E-state index in [9.17, 15) is 4.79 Å². The van der Waals surface area contributed by atoms with Gasteiger partial charge >= 0.3 is 0 Å². The monoisotopic (exact) mass is 641 g/mol. The highest BCUT2D eigenvalue weighted by atomic mass is 79.9. The lowest BCUT2D eigenvalue weighted by Gasteiger charge is -2.29. The van der Waals surface area contributed by atoms with Crippen molar-refractivity contribution < 1.29 is 14.3 Å². The minimum atomic E-state index is -0.537. The summed E-state index contributed by atoms with van der Waals surface area (Å²) in [5.41, 5.74) is 5.05. The van der Waals surface area contributed by atoms with Crippen molar-refractivity contribution in [3.05, 3.63) is 62.8 Å². The predicted octanol–water partition coefficient (Wildman–Crippen LogP) is 8.05. The number of nitrogens with one attached hydrogen (secondary N) is 2. The van der Waals surface area contributed by atoms with Gasteiger partial charge in [0.1, 0.15) is 6.04 Å². The molecule has 0 bridgehead atoms. The van der Waals surface area contributed by atoms with Crippen LogP contribution >= 0.6 is 27.7 Å². The summed E-state index contributed by atoms with van der Waals surface area (Å²) in [4.78, 5) is 18.8. The van der Waals surface area contributed by atoms with Crippen LogP contribution < -0.4 is 20.1 Å². The summed E-state index contributed by atoms with van der Waals surface area (Å²) < 4.78 is 14.7. The van der Waals surface area contributed by atoms with Gasteiger partial charge in [0.15, 0.2) is 11.5 Å². The third kappa shape index (κ3) is 7.09. The Morgan fingerprint density at radius 1 is 1.12 bits per heavy atom. The number of hydrogen-bond acceptors (Lipinski definition) is 7. The van der Waals surface area contributed by atoms with Gasteiger partial charge in [-0.3, -0.25) is 4.79 Å². The van der Waals surface area contributed by atoms with E-state index in [0.717, 1.165) is 64.0 Å². The number of thioether (sulfide) groups is 1. The summed E-state index contributed by atoms with van der Waals surface area (Å²) in [6, 6.07) is 9.33. The Hall–Kier alpha value is -2.98. The summed E-state index contributed by atoms with van der Waals surface area (Å²) in [5.74, 6) is 2.62. The van der Waals surface area contributed by atoms with Crippen LogP contribution in [0.1, 0.15) is 76.1 Å². The Balaban J connectivity index is 1.81. The van der Waals surface area contributed by atoms with Gasteiger partial charge in [-0.05, 0) is 91.4 Å². The number of carbonyl (C=O) groups is 1. The van der Waals surface area contributed by atoms with E-state index in [-0.39, 0.29) is 5.91 Å². The number of aromatic nitrogens is 3. The molecular formula is C31H40BrN5O3S. The molecule has 0 saturated heterocycles. The van der Waals surface area contributed by atoms with E-state index in [1.54, 1.807) is 11.8 Å². The quantitative estimate of drug-likeness (QED) is 0.144. The molecule has 1 atom stereocenters. The normalized spacial score (nSPS) is 14.5. The third-order valence-electron chi connectivity index (χ3n) is 7.05. The first-order valence-electron chi connectivity index (χ1n) is 14.3. The minimum absolute atomic E-state index is 0.201. The lowest BCUT2D eigenvalue weighted by Crippen LogP contribution is -2.31. The van der Waals surface area contributed by atoms with Crippen LogP contribution in [0.2, 0.25) is 0 Å². The van der Waals surface area contributed by atoms with Crippen molar-refractivity contribution >= 4 is 45.2 Å². The largest absolute Gasteiger partial charge is 0.490 e. The van der Waals surface area contributed by atoms with E-state index in [2.05, 4.69) is 40.4 Å². The van der Waals surface area contributed by atoms with Crippen LogP contribution in [0, 0.1) is 13.8 Å². The molecule has 41 heavy (non-hydrogen) atoms. The molecule has 0 aliphatic carbocycles. The fraction of sp³-hybridized carbons (Fsp3) is 0.452. The van der Waals surface area contributed by atoms with E-state index >= 15 is 0 Å². The van der Waals surface area contributed by atoms with Crippen LogP contribution in [0.4, 0.5) is 11.6 Å². The topological polar surface area (TPSA) is 90.3 Å². The predicted molar refractivity (Wildman–Crippen MR) is 170 cm³/mol. The van der Waals surface area contributed by atoms with Gasteiger partial charge in [0.2, 0.25) is 11.1 Å². The second-order valence-corrected chi connectivity index (χ2v) is 12.0. The van der Waals surface area contributed by atoms with E-state index in [1.807, 2.05) is 62.7 Å². The number of fused-ring (bicyclic) bond motifs is 1.